The highest BCUT2D eigenvalue weighted by molar-refractivity contribution is 5.94. The number of benzene rings is 3. The number of fused-ring (bicyclic) bond motifs is 3. The molecule has 0 fully saturated rings. The van der Waals surface area contributed by atoms with Gasteiger partial charge in [-0.2, -0.15) is 0 Å². The Kier molecular flexibility index (Phi) is 6.22. The Morgan fingerprint density at radius 3 is 2.37 bits per heavy atom. The molecule has 41 heavy (non-hydrogen) atoms. The second-order valence-corrected chi connectivity index (χ2v) is 9.38. The van der Waals surface area contributed by atoms with E-state index in [1.165, 1.54) is 38.7 Å². The lowest BCUT2D eigenvalue weighted by Gasteiger charge is -2.24. The zero-order chi connectivity index (χ0) is 28.8. The second-order valence-electron chi connectivity index (χ2n) is 9.38. The Morgan fingerprint density at radius 2 is 1.66 bits per heavy atom. The molecule has 3 aromatic carbocycles. The van der Waals surface area contributed by atoms with Crippen LogP contribution in [0.25, 0.3) is 33.4 Å². The van der Waals surface area contributed by atoms with Crippen molar-refractivity contribution >= 4 is 22.9 Å². The first kappa shape index (κ1) is 25.8. The van der Waals surface area contributed by atoms with Gasteiger partial charge in [0.1, 0.15) is 40.3 Å². The number of hydrogen-bond donors (Lipinski definition) is 2. The topological polar surface area (TPSA) is 146 Å². The first-order chi connectivity index (χ1) is 19.8. The minimum absolute atomic E-state index is 0.0574. The molecule has 0 saturated heterocycles. The van der Waals surface area contributed by atoms with Crippen molar-refractivity contribution in [2.75, 3.05) is 14.2 Å². The van der Waals surface area contributed by atoms with Crippen molar-refractivity contribution < 1.29 is 42.8 Å². The van der Waals surface area contributed by atoms with E-state index in [4.69, 9.17) is 28.2 Å². The molecular weight excluding hydrogens is 532 g/mol. The molecule has 1 atom stereocenters. The number of ether oxygens (including phenoxy) is 3. The molecule has 6 rings (SSSR count). The minimum atomic E-state index is -1.04. The highest BCUT2D eigenvalue weighted by Gasteiger charge is 2.35. The fraction of sp³-hybridized carbons (Fsp3) is 0.129. The minimum Gasteiger partial charge on any atom is -0.507 e. The molecule has 0 unspecified atom stereocenters. The molecular formula is C31H22O10. The van der Waals surface area contributed by atoms with Gasteiger partial charge >= 0.3 is 11.9 Å². The molecule has 1 aliphatic rings. The lowest BCUT2D eigenvalue weighted by Crippen LogP contribution is -2.21. The molecule has 2 N–H and O–H groups in total. The zero-order valence-corrected chi connectivity index (χ0v) is 21.8. The zero-order valence-electron chi connectivity index (χ0n) is 21.8. The van der Waals surface area contributed by atoms with E-state index in [9.17, 15) is 19.5 Å². The van der Waals surface area contributed by atoms with Crippen LogP contribution in [0.15, 0.2) is 80.6 Å². The molecule has 0 bridgehead atoms. The maximum Gasteiger partial charge on any atom is 0.335 e. The quantitative estimate of drug-likeness (QED) is 0.201. The summed E-state index contributed by atoms with van der Waals surface area (Å²) in [5.41, 5.74) is 1.41. The van der Waals surface area contributed by atoms with E-state index in [0.29, 0.717) is 39.7 Å². The number of phenolic OH excluding ortho intramolecular Hbond substituents is 1. The Morgan fingerprint density at radius 1 is 0.927 bits per heavy atom. The van der Waals surface area contributed by atoms with E-state index in [1.54, 1.807) is 42.5 Å². The van der Waals surface area contributed by atoms with Gasteiger partial charge in [-0.15, -0.1) is 0 Å². The first-order valence-electron chi connectivity index (χ1n) is 12.5. The molecule has 1 aliphatic heterocycles. The molecule has 206 valence electrons. The van der Waals surface area contributed by atoms with Crippen LogP contribution >= 0.6 is 0 Å². The largest absolute Gasteiger partial charge is 0.507 e. The van der Waals surface area contributed by atoms with Crippen molar-refractivity contribution in [3.05, 3.63) is 94.0 Å². The van der Waals surface area contributed by atoms with Crippen molar-refractivity contribution in [1.29, 1.82) is 0 Å². The molecule has 5 aromatic rings. The van der Waals surface area contributed by atoms with Gasteiger partial charge in [-0.1, -0.05) is 18.2 Å². The normalized spacial score (nSPS) is 14.4. The van der Waals surface area contributed by atoms with E-state index in [0.717, 1.165) is 0 Å². The summed E-state index contributed by atoms with van der Waals surface area (Å²) in [6.07, 6.45) is 1.19. The second kappa shape index (κ2) is 9.91. The number of esters is 1. The van der Waals surface area contributed by atoms with Gasteiger partial charge in [-0.3, -0.25) is 9.59 Å². The van der Waals surface area contributed by atoms with Crippen LogP contribution in [0.4, 0.5) is 0 Å². The van der Waals surface area contributed by atoms with Crippen LogP contribution in [-0.2, 0) is 4.79 Å². The SMILES string of the molecule is COc1ccc(-c2coc3c4c(cc(O)c3c2=O)OC(=O)C[C@H]4c2ccc(-c3ccc(C(=O)O)cc3)o2)cc1OC. The Balaban J connectivity index is 1.47. The van der Waals surface area contributed by atoms with E-state index in [1.807, 2.05) is 0 Å². The monoisotopic (exact) mass is 554 g/mol. The number of aromatic carboxylic acids is 1. The molecule has 0 aliphatic carbocycles. The van der Waals surface area contributed by atoms with E-state index in [-0.39, 0.29) is 34.3 Å². The number of carboxylic acid groups (broad SMARTS) is 1. The van der Waals surface area contributed by atoms with Gasteiger partial charge in [0.25, 0.3) is 0 Å². The van der Waals surface area contributed by atoms with E-state index < -0.39 is 29.0 Å². The third-order valence-corrected chi connectivity index (χ3v) is 7.05. The smallest absolute Gasteiger partial charge is 0.335 e. The maximum atomic E-state index is 13.7. The number of phenols is 1. The van der Waals surface area contributed by atoms with Crippen LogP contribution in [-0.4, -0.2) is 36.4 Å². The number of hydrogen-bond acceptors (Lipinski definition) is 9. The number of aromatic hydroxyl groups is 1. The van der Waals surface area contributed by atoms with E-state index in [2.05, 4.69) is 0 Å². The molecule has 10 heteroatoms. The lowest BCUT2D eigenvalue weighted by atomic mass is 9.88. The molecule has 0 amide bonds. The average molecular weight is 555 g/mol. The third kappa shape index (κ3) is 4.35. The van der Waals surface area contributed by atoms with Crippen LogP contribution in [0.3, 0.4) is 0 Å². The summed E-state index contributed by atoms with van der Waals surface area (Å²) in [4.78, 5) is 37.4. The predicted molar refractivity (Wildman–Crippen MR) is 146 cm³/mol. The van der Waals surface area contributed by atoms with Crippen molar-refractivity contribution in [3.63, 3.8) is 0 Å². The van der Waals surface area contributed by atoms with Crippen LogP contribution in [0.5, 0.6) is 23.0 Å². The van der Waals surface area contributed by atoms with Gasteiger partial charge in [0, 0.05) is 17.2 Å². The number of methoxy groups -OCH3 is 2. The van der Waals surface area contributed by atoms with Crippen molar-refractivity contribution in [2.45, 2.75) is 12.3 Å². The number of rotatable bonds is 6. The molecule has 0 radical (unpaired) electrons. The van der Waals surface area contributed by atoms with Crippen LogP contribution in [0, 0.1) is 0 Å². The number of carbonyl (C=O) groups excluding carboxylic acids is 1. The average Bonchev–Trinajstić information content (AvgIpc) is 3.46. The van der Waals surface area contributed by atoms with Gasteiger partial charge in [0.2, 0.25) is 5.43 Å². The van der Waals surface area contributed by atoms with Crippen molar-refractivity contribution in [1.82, 2.24) is 0 Å². The summed E-state index contributed by atoms with van der Waals surface area (Å²) in [7, 11) is 2.98. The maximum absolute atomic E-state index is 13.7. The van der Waals surface area contributed by atoms with Gasteiger partial charge in [0.05, 0.1) is 37.7 Å². The first-order valence-corrected chi connectivity index (χ1v) is 12.5. The Bertz CT molecular complexity index is 1900. The molecule has 2 aromatic heterocycles. The molecule has 3 heterocycles. The summed E-state index contributed by atoms with van der Waals surface area (Å²) in [6.45, 7) is 0. The van der Waals surface area contributed by atoms with Gasteiger partial charge < -0.3 is 33.3 Å². The van der Waals surface area contributed by atoms with Gasteiger partial charge in [0.15, 0.2) is 11.5 Å². The number of carboxylic acids is 1. The predicted octanol–water partition coefficient (Wildman–Crippen LogP) is 5.58. The summed E-state index contributed by atoms with van der Waals surface area (Å²) in [5, 5.41) is 19.9. The van der Waals surface area contributed by atoms with Gasteiger partial charge in [-0.05, 0) is 42.0 Å². The summed E-state index contributed by atoms with van der Waals surface area (Å²) < 4.78 is 28.1. The lowest BCUT2D eigenvalue weighted by molar-refractivity contribution is -0.135. The van der Waals surface area contributed by atoms with Crippen molar-refractivity contribution in [2.24, 2.45) is 0 Å². The standard InChI is InChI=1S/C31H22O10/c1-37-23-8-7-17(11-24(23)38-2)19-14-39-30-27-18(12-26(33)41-25(27)13-20(32)28(30)29(19)34)22-10-9-21(40-22)15-3-5-16(6-4-15)31(35)36/h3-11,13-14,18,32H,12H2,1-2H3,(H,35,36)/t18-/m0/s1. The fourth-order valence-corrected chi connectivity index (χ4v) is 5.05. The number of furan rings is 1. The van der Waals surface area contributed by atoms with Crippen molar-refractivity contribution in [3.8, 4) is 45.4 Å². The van der Waals surface area contributed by atoms with Gasteiger partial charge in [-0.25, -0.2) is 4.79 Å². The molecule has 10 nitrogen and oxygen atoms in total. The highest BCUT2D eigenvalue weighted by atomic mass is 16.5. The molecule has 0 saturated carbocycles. The van der Waals surface area contributed by atoms with Crippen LogP contribution < -0.4 is 19.6 Å². The van der Waals surface area contributed by atoms with Crippen LogP contribution in [0.1, 0.15) is 34.0 Å². The van der Waals surface area contributed by atoms with E-state index >= 15 is 0 Å². The fourth-order valence-electron chi connectivity index (χ4n) is 5.05. The third-order valence-electron chi connectivity index (χ3n) is 7.05. The summed E-state index contributed by atoms with van der Waals surface area (Å²) in [5.74, 6) is -0.859. The molecule has 0 spiro atoms. The summed E-state index contributed by atoms with van der Waals surface area (Å²) in [6, 6.07) is 15.8. The van der Waals surface area contributed by atoms with Crippen LogP contribution in [0.2, 0.25) is 0 Å². The number of carbonyl (C=O) groups is 2. The Hall–Kier alpha value is -5.51. The highest BCUT2D eigenvalue weighted by Crippen LogP contribution is 2.46. The Labute approximate surface area is 231 Å². The summed E-state index contributed by atoms with van der Waals surface area (Å²) >= 11 is 0.